The zero-order chi connectivity index (χ0) is 14.0. The summed E-state index contributed by atoms with van der Waals surface area (Å²) < 4.78 is 0. The van der Waals surface area contributed by atoms with Crippen molar-refractivity contribution in [1.29, 1.82) is 0 Å². The van der Waals surface area contributed by atoms with Gasteiger partial charge in [-0.05, 0) is 23.0 Å². The van der Waals surface area contributed by atoms with E-state index in [1.54, 1.807) is 0 Å². The minimum atomic E-state index is 0.0210. The highest BCUT2D eigenvalue weighted by Gasteiger charge is 2.31. The minimum Gasteiger partial charge on any atom is -0.334 e. The number of benzene rings is 1. The molecule has 1 aromatic rings. The fourth-order valence-corrected chi connectivity index (χ4v) is 2.76. The third kappa shape index (κ3) is 3.16. The van der Waals surface area contributed by atoms with Crippen LogP contribution in [-0.2, 0) is 11.2 Å². The van der Waals surface area contributed by atoms with Crippen LogP contribution in [0.25, 0.3) is 0 Å². The van der Waals surface area contributed by atoms with E-state index in [1.165, 1.54) is 11.1 Å². The second-order valence-electron chi connectivity index (χ2n) is 6.52. The molecule has 0 saturated carbocycles. The number of fused-ring (bicyclic) bond motifs is 1. The van der Waals surface area contributed by atoms with Crippen LogP contribution in [0, 0.1) is 5.41 Å². The third-order valence-corrected chi connectivity index (χ3v) is 3.64. The number of amides is 1. The van der Waals surface area contributed by atoms with Crippen LogP contribution in [0.1, 0.15) is 44.4 Å². The molecule has 1 aromatic carbocycles. The second kappa shape index (κ2) is 5.33. The molecule has 2 N–H and O–H groups in total. The van der Waals surface area contributed by atoms with Gasteiger partial charge in [-0.1, -0.05) is 45.0 Å². The Balaban J connectivity index is 2.22. The van der Waals surface area contributed by atoms with Crippen LogP contribution in [0.15, 0.2) is 24.3 Å². The molecule has 3 heteroatoms. The van der Waals surface area contributed by atoms with Crippen LogP contribution in [-0.4, -0.2) is 23.9 Å². The van der Waals surface area contributed by atoms with Crippen LogP contribution < -0.4 is 5.73 Å². The van der Waals surface area contributed by atoms with Crippen LogP contribution >= 0.6 is 0 Å². The number of carbonyl (C=O) groups is 1. The van der Waals surface area contributed by atoms with E-state index in [0.717, 1.165) is 13.0 Å². The fraction of sp³-hybridized carbons (Fsp3) is 0.562. The van der Waals surface area contributed by atoms with Gasteiger partial charge in [-0.25, -0.2) is 0 Å². The van der Waals surface area contributed by atoms with Crippen molar-refractivity contribution in [3.05, 3.63) is 35.4 Å². The molecule has 3 nitrogen and oxygen atoms in total. The number of hydrogen-bond acceptors (Lipinski definition) is 2. The Morgan fingerprint density at radius 2 is 2.05 bits per heavy atom. The van der Waals surface area contributed by atoms with E-state index in [1.807, 2.05) is 11.0 Å². The molecule has 0 spiro atoms. The minimum absolute atomic E-state index is 0.0210. The Kier molecular flexibility index (Phi) is 3.95. The van der Waals surface area contributed by atoms with Crippen molar-refractivity contribution >= 4 is 5.91 Å². The summed E-state index contributed by atoms with van der Waals surface area (Å²) in [4.78, 5) is 14.4. The van der Waals surface area contributed by atoms with E-state index in [4.69, 9.17) is 5.73 Å². The molecule has 0 radical (unpaired) electrons. The molecule has 2 rings (SSSR count). The molecule has 1 aliphatic heterocycles. The van der Waals surface area contributed by atoms with Gasteiger partial charge in [0.1, 0.15) is 0 Å². The average molecular weight is 260 g/mol. The molecular formula is C16H24N2O. The van der Waals surface area contributed by atoms with Crippen molar-refractivity contribution in [1.82, 2.24) is 4.90 Å². The Hall–Kier alpha value is -1.35. The van der Waals surface area contributed by atoms with Crippen molar-refractivity contribution in [2.24, 2.45) is 11.1 Å². The quantitative estimate of drug-likeness (QED) is 0.888. The molecule has 0 fully saturated rings. The lowest BCUT2D eigenvalue weighted by Crippen LogP contribution is -2.44. The van der Waals surface area contributed by atoms with E-state index in [0.29, 0.717) is 13.0 Å². The normalized spacial score (nSPS) is 19.2. The predicted octanol–water partition coefficient (Wildman–Crippen LogP) is 2.51. The van der Waals surface area contributed by atoms with Gasteiger partial charge in [0.2, 0.25) is 5.91 Å². The Morgan fingerprint density at radius 3 is 2.68 bits per heavy atom. The van der Waals surface area contributed by atoms with E-state index >= 15 is 0 Å². The summed E-state index contributed by atoms with van der Waals surface area (Å²) in [6.45, 7) is 7.57. The van der Waals surface area contributed by atoms with Crippen molar-refractivity contribution < 1.29 is 4.79 Å². The van der Waals surface area contributed by atoms with E-state index in [2.05, 4.69) is 39.0 Å². The molecule has 1 heterocycles. The van der Waals surface area contributed by atoms with Gasteiger partial charge < -0.3 is 10.6 Å². The van der Waals surface area contributed by atoms with Gasteiger partial charge in [0.05, 0.1) is 6.04 Å². The summed E-state index contributed by atoms with van der Waals surface area (Å²) in [5.41, 5.74) is 8.49. The molecule has 0 aliphatic carbocycles. The summed E-state index contributed by atoms with van der Waals surface area (Å²) in [6.07, 6.45) is 1.51. The van der Waals surface area contributed by atoms with Gasteiger partial charge >= 0.3 is 0 Å². The number of carbonyl (C=O) groups excluding carboxylic acids is 1. The van der Waals surface area contributed by atoms with E-state index in [9.17, 15) is 4.79 Å². The lowest BCUT2D eigenvalue weighted by Gasteiger charge is -2.38. The highest BCUT2D eigenvalue weighted by Crippen LogP contribution is 2.31. The van der Waals surface area contributed by atoms with Crippen LogP contribution in [0.5, 0.6) is 0 Å². The fourth-order valence-electron chi connectivity index (χ4n) is 2.76. The van der Waals surface area contributed by atoms with E-state index in [-0.39, 0.29) is 17.4 Å². The van der Waals surface area contributed by atoms with Crippen LogP contribution in [0.3, 0.4) is 0 Å². The Bertz CT molecular complexity index is 462. The smallest absolute Gasteiger partial charge is 0.223 e. The molecule has 19 heavy (non-hydrogen) atoms. The monoisotopic (exact) mass is 260 g/mol. The number of hydrogen-bond donors (Lipinski definition) is 1. The average Bonchev–Trinajstić information content (AvgIpc) is 2.35. The van der Waals surface area contributed by atoms with Crippen LogP contribution in [0.2, 0.25) is 0 Å². The SMILES string of the molecule is CC(C)(C)CC(=O)N1CCc2ccccc2C1CN. The standard InChI is InChI=1S/C16H24N2O/c1-16(2,3)10-15(19)18-9-8-12-6-4-5-7-13(12)14(18)11-17/h4-7,14H,8-11,17H2,1-3H3. The van der Waals surface area contributed by atoms with Gasteiger partial charge in [0, 0.05) is 19.5 Å². The van der Waals surface area contributed by atoms with Gasteiger partial charge in [-0.2, -0.15) is 0 Å². The van der Waals surface area contributed by atoms with Gasteiger partial charge in [-0.3, -0.25) is 4.79 Å². The zero-order valence-corrected chi connectivity index (χ0v) is 12.1. The Labute approximate surface area is 115 Å². The zero-order valence-electron chi connectivity index (χ0n) is 12.1. The maximum absolute atomic E-state index is 12.5. The molecule has 1 unspecified atom stereocenters. The number of nitrogens with two attached hydrogens (primary N) is 1. The highest BCUT2D eigenvalue weighted by atomic mass is 16.2. The first-order valence-corrected chi connectivity index (χ1v) is 7.00. The topological polar surface area (TPSA) is 46.3 Å². The molecule has 0 bridgehead atoms. The molecule has 0 aromatic heterocycles. The van der Waals surface area contributed by atoms with Crippen molar-refractivity contribution in [3.63, 3.8) is 0 Å². The van der Waals surface area contributed by atoms with E-state index < -0.39 is 0 Å². The van der Waals surface area contributed by atoms with Crippen molar-refractivity contribution in [3.8, 4) is 0 Å². The maximum atomic E-state index is 12.5. The maximum Gasteiger partial charge on any atom is 0.223 e. The van der Waals surface area contributed by atoms with Gasteiger partial charge in [-0.15, -0.1) is 0 Å². The third-order valence-electron chi connectivity index (χ3n) is 3.64. The van der Waals surface area contributed by atoms with Gasteiger partial charge in [0.25, 0.3) is 0 Å². The molecule has 1 atom stereocenters. The molecule has 1 amide bonds. The number of nitrogens with zero attached hydrogens (tertiary/aromatic N) is 1. The summed E-state index contributed by atoms with van der Waals surface area (Å²) in [6, 6.07) is 8.37. The van der Waals surface area contributed by atoms with Crippen LogP contribution in [0.4, 0.5) is 0 Å². The van der Waals surface area contributed by atoms with Crippen molar-refractivity contribution in [2.45, 2.75) is 39.7 Å². The summed E-state index contributed by atoms with van der Waals surface area (Å²) in [5, 5.41) is 0. The summed E-state index contributed by atoms with van der Waals surface area (Å²) in [7, 11) is 0. The number of rotatable bonds is 2. The van der Waals surface area contributed by atoms with Gasteiger partial charge in [0.15, 0.2) is 0 Å². The highest BCUT2D eigenvalue weighted by molar-refractivity contribution is 5.77. The lowest BCUT2D eigenvalue weighted by atomic mass is 9.88. The summed E-state index contributed by atoms with van der Waals surface area (Å²) in [5.74, 6) is 0.220. The van der Waals surface area contributed by atoms with Crippen molar-refractivity contribution in [2.75, 3.05) is 13.1 Å². The summed E-state index contributed by atoms with van der Waals surface area (Å²) >= 11 is 0. The second-order valence-corrected chi connectivity index (χ2v) is 6.52. The predicted molar refractivity (Wildman–Crippen MR) is 77.7 cm³/mol. The lowest BCUT2D eigenvalue weighted by molar-refractivity contribution is -0.135. The first-order valence-electron chi connectivity index (χ1n) is 7.00. The Morgan fingerprint density at radius 1 is 1.37 bits per heavy atom. The first kappa shape index (κ1) is 14.1. The molecule has 0 saturated heterocycles. The first-order chi connectivity index (χ1) is 8.92. The largest absolute Gasteiger partial charge is 0.334 e. The molecular weight excluding hydrogens is 236 g/mol. The molecule has 1 aliphatic rings. The molecule has 104 valence electrons.